The van der Waals surface area contributed by atoms with Crippen molar-refractivity contribution in [3.8, 4) is 0 Å². The van der Waals surface area contributed by atoms with E-state index in [9.17, 15) is 14.0 Å². The van der Waals surface area contributed by atoms with Gasteiger partial charge in [0.1, 0.15) is 11.7 Å². The van der Waals surface area contributed by atoms with Gasteiger partial charge in [-0.1, -0.05) is 13.8 Å². The van der Waals surface area contributed by atoms with Gasteiger partial charge in [-0.15, -0.1) is 0 Å². The van der Waals surface area contributed by atoms with Gasteiger partial charge in [0.05, 0.1) is 0 Å². The minimum absolute atomic E-state index is 0.203. The summed E-state index contributed by atoms with van der Waals surface area (Å²) in [4.78, 5) is 25.9. The number of rotatable bonds is 5. The Kier molecular flexibility index (Phi) is 4.94. The molecule has 2 rings (SSSR count). The highest BCUT2D eigenvalue weighted by Crippen LogP contribution is 2.25. The highest BCUT2D eigenvalue weighted by Gasteiger charge is 2.37. The molecule has 4 nitrogen and oxygen atoms in total. The van der Waals surface area contributed by atoms with E-state index in [2.05, 4.69) is 19.2 Å². The third-order valence-corrected chi connectivity index (χ3v) is 3.68. The fourth-order valence-electron chi connectivity index (χ4n) is 2.41. The van der Waals surface area contributed by atoms with Crippen LogP contribution in [0.4, 0.5) is 10.1 Å². The Bertz CT molecular complexity index is 514. The van der Waals surface area contributed by atoms with Crippen molar-refractivity contribution < 1.29 is 14.0 Å². The highest BCUT2D eigenvalue weighted by molar-refractivity contribution is 6.09. The molecule has 1 aliphatic heterocycles. The number of hydrogen-bond donors (Lipinski definition) is 1. The molecule has 5 heteroatoms. The van der Waals surface area contributed by atoms with Gasteiger partial charge in [0.25, 0.3) is 0 Å². The number of nitrogens with zero attached hydrogens (tertiary/aromatic N) is 1. The van der Waals surface area contributed by atoms with Gasteiger partial charge in [-0.05, 0) is 43.0 Å². The summed E-state index contributed by atoms with van der Waals surface area (Å²) in [6.07, 6.45) is 1.40. The lowest BCUT2D eigenvalue weighted by atomic mass is 10.1. The van der Waals surface area contributed by atoms with E-state index in [1.54, 1.807) is 17.0 Å². The predicted octanol–water partition coefficient (Wildman–Crippen LogP) is 2.34. The molecule has 1 aromatic rings. The zero-order valence-electron chi connectivity index (χ0n) is 12.4. The highest BCUT2D eigenvalue weighted by atomic mass is 19.1. The van der Waals surface area contributed by atoms with Crippen molar-refractivity contribution in [2.75, 3.05) is 18.0 Å². The van der Waals surface area contributed by atoms with E-state index in [1.165, 1.54) is 12.1 Å². The van der Waals surface area contributed by atoms with Gasteiger partial charge in [0, 0.05) is 18.8 Å². The fraction of sp³-hybridized carbons (Fsp3) is 0.500. The summed E-state index contributed by atoms with van der Waals surface area (Å²) in [7, 11) is 0. The van der Waals surface area contributed by atoms with Crippen LogP contribution in [0.1, 0.15) is 26.7 Å². The van der Waals surface area contributed by atoms with Crippen LogP contribution in [0.5, 0.6) is 0 Å². The zero-order chi connectivity index (χ0) is 15.4. The first-order valence-corrected chi connectivity index (χ1v) is 7.33. The quantitative estimate of drug-likeness (QED) is 0.847. The molecule has 1 aromatic carbocycles. The lowest BCUT2D eigenvalue weighted by Gasteiger charge is -2.16. The van der Waals surface area contributed by atoms with Crippen molar-refractivity contribution >= 4 is 17.5 Å². The smallest absolute Gasteiger partial charge is 0.239 e. The maximum Gasteiger partial charge on any atom is 0.239 e. The van der Waals surface area contributed by atoms with Gasteiger partial charge >= 0.3 is 0 Å². The van der Waals surface area contributed by atoms with Crippen LogP contribution >= 0.6 is 0 Å². The number of nitrogens with one attached hydrogen (secondary N) is 1. The van der Waals surface area contributed by atoms with Gasteiger partial charge < -0.3 is 10.2 Å². The monoisotopic (exact) mass is 292 g/mol. The number of hydrogen-bond acceptors (Lipinski definition) is 2. The maximum atomic E-state index is 12.9. The third-order valence-electron chi connectivity index (χ3n) is 3.68. The van der Waals surface area contributed by atoms with Crippen LogP contribution < -0.4 is 10.2 Å². The Balaban J connectivity index is 1.94. The topological polar surface area (TPSA) is 49.4 Å². The Morgan fingerprint density at radius 2 is 2.05 bits per heavy atom. The zero-order valence-corrected chi connectivity index (χ0v) is 12.4. The number of halogens is 1. The van der Waals surface area contributed by atoms with Crippen LogP contribution in [0.3, 0.4) is 0 Å². The average Bonchev–Trinajstić information content (AvgIpc) is 2.81. The summed E-state index contributed by atoms with van der Waals surface area (Å²) in [5, 5.41) is 2.82. The van der Waals surface area contributed by atoms with Crippen LogP contribution in [-0.4, -0.2) is 24.9 Å². The molecular formula is C16H21FN2O2. The number of anilines is 1. The second-order valence-electron chi connectivity index (χ2n) is 5.78. The number of benzene rings is 1. The summed E-state index contributed by atoms with van der Waals surface area (Å²) in [6, 6.07) is 5.76. The lowest BCUT2D eigenvalue weighted by molar-refractivity contribution is -0.132. The molecule has 0 aromatic heterocycles. The molecular weight excluding hydrogens is 271 g/mol. The Morgan fingerprint density at radius 1 is 1.38 bits per heavy atom. The first kappa shape index (κ1) is 15.5. The van der Waals surface area contributed by atoms with Gasteiger partial charge in [0.15, 0.2) is 0 Å². The molecule has 1 atom stereocenters. The van der Waals surface area contributed by atoms with E-state index in [1.807, 2.05) is 0 Å². The predicted molar refractivity (Wildman–Crippen MR) is 79.3 cm³/mol. The van der Waals surface area contributed by atoms with E-state index in [-0.39, 0.29) is 17.6 Å². The van der Waals surface area contributed by atoms with Crippen LogP contribution in [0.25, 0.3) is 0 Å². The molecule has 2 amide bonds. The van der Waals surface area contributed by atoms with E-state index in [4.69, 9.17) is 0 Å². The first-order valence-electron chi connectivity index (χ1n) is 7.33. The summed E-state index contributed by atoms with van der Waals surface area (Å²) >= 11 is 0. The van der Waals surface area contributed by atoms with Gasteiger partial charge in [-0.25, -0.2) is 4.39 Å². The van der Waals surface area contributed by atoms with Crippen LogP contribution in [-0.2, 0) is 9.59 Å². The summed E-state index contributed by atoms with van der Waals surface area (Å²) in [6.45, 7) is 5.26. The number of carbonyl (C=O) groups is 2. The third kappa shape index (κ3) is 3.80. The molecule has 0 spiro atoms. The van der Waals surface area contributed by atoms with Crippen molar-refractivity contribution in [1.29, 1.82) is 0 Å². The van der Waals surface area contributed by atoms with Gasteiger partial charge in [-0.2, -0.15) is 0 Å². The van der Waals surface area contributed by atoms with Gasteiger partial charge in [0.2, 0.25) is 11.8 Å². The van der Waals surface area contributed by atoms with Crippen molar-refractivity contribution in [3.63, 3.8) is 0 Å². The van der Waals surface area contributed by atoms with Crippen molar-refractivity contribution in [2.45, 2.75) is 26.7 Å². The van der Waals surface area contributed by atoms with Crippen molar-refractivity contribution in [1.82, 2.24) is 5.32 Å². The molecule has 0 radical (unpaired) electrons. The van der Waals surface area contributed by atoms with Crippen LogP contribution in [0.15, 0.2) is 24.3 Å². The number of carbonyl (C=O) groups excluding carboxylic acids is 2. The van der Waals surface area contributed by atoms with E-state index >= 15 is 0 Å². The largest absolute Gasteiger partial charge is 0.355 e. The molecule has 1 aliphatic rings. The molecule has 1 saturated heterocycles. The molecule has 0 bridgehead atoms. The molecule has 0 saturated carbocycles. The fourth-order valence-corrected chi connectivity index (χ4v) is 2.41. The SMILES string of the molecule is CC(C)CCNC(=O)C1CCN(c2ccc(F)cc2)C1=O. The standard InChI is InChI=1S/C16H21FN2O2/c1-11(2)7-9-18-15(20)14-8-10-19(16(14)21)13-5-3-12(17)4-6-13/h3-6,11,14H,7-10H2,1-2H3,(H,18,20). The Labute approximate surface area is 124 Å². The molecule has 21 heavy (non-hydrogen) atoms. The van der Waals surface area contributed by atoms with Crippen LogP contribution in [0, 0.1) is 17.7 Å². The molecule has 1 N–H and O–H groups in total. The molecule has 0 aliphatic carbocycles. The van der Waals surface area contributed by atoms with E-state index < -0.39 is 5.92 Å². The summed E-state index contributed by atoms with van der Waals surface area (Å²) < 4.78 is 12.9. The first-order chi connectivity index (χ1) is 9.99. The normalized spacial score (nSPS) is 18.4. The van der Waals surface area contributed by atoms with Crippen molar-refractivity contribution in [2.24, 2.45) is 11.8 Å². The second-order valence-corrected chi connectivity index (χ2v) is 5.78. The maximum absolute atomic E-state index is 12.9. The van der Waals surface area contributed by atoms with Crippen LogP contribution in [0.2, 0.25) is 0 Å². The Morgan fingerprint density at radius 3 is 2.67 bits per heavy atom. The second kappa shape index (κ2) is 6.70. The average molecular weight is 292 g/mol. The summed E-state index contributed by atoms with van der Waals surface area (Å²) in [5.74, 6) is -0.857. The molecule has 114 valence electrons. The Hall–Kier alpha value is -1.91. The summed E-state index contributed by atoms with van der Waals surface area (Å²) in [5.41, 5.74) is 0.638. The molecule has 1 fully saturated rings. The lowest BCUT2D eigenvalue weighted by Crippen LogP contribution is -2.37. The number of amides is 2. The molecule has 1 unspecified atom stereocenters. The minimum Gasteiger partial charge on any atom is -0.355 e. The van der Waals surface area contributed by atoms with Crippen molar-refractivity contribution in [3.05, 3.63) is 30.1 Å². The van der Waals surface area contributed by atoms with E-state index in [0.29, 0.717) is 31.1 Å². The van der Waals surface area contributed by atoms with E-state index in [0.717, 1.165) is 6.42 Å². The van der Waals surface area contributed by atoms with Gasteiger partial charge in [-0.3, -0.25) is 9.59 Å². The molecule has 1 heterocycles. The minimum atomic E-state index is -0.623.